The predicted octanol–water partition coefficient (Wildman–Crippen LogP) is 3.53. The quantitative estimate of drug-likeness (QED) is 0.494. The molecule has 0 aliphatic rings. The van der Waals surface area contributed by atoms with Crippen LogP contribution >= 0.6 is 0 Å². The average Bonchev–Trinajstić information content (AvgIpc) is 2.74. The van der Waals surface area contributed by atoms with E-state index in [2.05, 4.69) is 25.0 Å². The van der Waals surface area contributed by atoms with Crippen LogP contribution in [0.2, 0.25) is 0 Å². The van der Waals surface area contributed by atoms with Crippen LogP contribution in [-0.2, 0) is 10.0 Å². The van der Waals surface area contributed by atoms with E-state index in [0.717, 1.165) is 0 Å². The summed E-state index contributed by atoms with van der Waals surface area (Å²) in [5, 5.41) is 3.08. The van der Waals surface area contributed by atoms with E-state index in [9.17, 15) is 17.6 Å². The van der Waals surface area contributed by atoms with Gasteiger partial charge in [-0.1, -0.05) is 0 Å². The van der Waals surface area contributed by atoms with Crippen molar-refractivity contribution in [3.8, 4) is 0 Å². The number of nitrogens with one attached hydrogen (secondary N) is 2. The number of amides is 1. The molecule has 8 nitrogen and oxygen atoms in total. The number of carbonyl (C=O) groups is 1. The van der Waals surface area contributed by atoms with E-state index in [1.54, 1.807) is 19.1 Å². The maximum absolute atomic E-state index is 13.7. The van der Waals surface area contributed by atoms with Crippen molar-refractivity contribution in [3.63, 3.8) is 0 Å². The number of aromatic nitrogens is 3. The first-order valence-electron chi connectivity index (χ1n) is 9.10. The van der Waals surface area contributed by atoms with Gasteiger partial charge in [0.25, 0.3) is 15.9 Å². The molecule has 0 saturated carbocycles. The van der Waals surface area contributed by atoms with E-state index < -0.39 is 21.7 Å². The molecule has 0 aliphatic carbocycles. The molecule has 156 valence electrons. The lowest BCUT2D eigenvalue weighted by Crippen LogP contribution is -2.16. The van der Waals surface area contributed by atoms with Gasteiger partial charge in [0, 0.05) is 29.2 Å². The summed E-state index contributed by atoms with van der Waals surface area (Å²) in [5.41, 5.74) is 1.75. The molecule has 2 heterocycles. The Hall–Kier alpha value is -3.92. The minimum absolute atomic E-state index is 0.0229. The number of pyridine rings is 1. The summed E-state index contributed by atoms with van der Waals surface area (Å²) in [6.45, 7) is 1.74. The molecule has 0 fully saturated rings. The molecule has 4 aromatic rings. The van der Waals surface area contributed by atoms with Crippen molar-refractivity contribution in [2.45, 2.75) is 11.8 Å². The number of benzene rings is 2. The number of sulfonamides is 1. The van der Waals surface area contributed by atoms with Gasteiger partial charge in [0.2, 0.25) is 5.95 Å². The Morgan fingerprint density at radius 3 is 2.42 bits per heavy atom. The van der Waals surface area contributed by atoms with E-state index >= 15 is 0 Å². The van der Waals surface area contributed by atoms with Gasteiger partial charge in [0.05, 0.1) is 16.0 Å². The molecule has 0 bridgehead atoms. The lowest BCUT2D eigenvalue weighted by atomic mass is 10.1. The molecule has 4 rings (SSSR count). The zero-order valence-electron chi connectivity index (χ0n) is 16.2. The molecule has 0 saturated heterocycles. The van der Waals surface area contributed by atoms with Gasteiger partial charge >= 0.3 is 0 Å². The van der Waals surface area contributed by atoms with Crippen LogP contribution in [0.4, 0.5) is 16.0 Å². The van der Waals surface area contributed by atoms with E-state index in [0.29, 0.717) is 22.3 Å². The number of fused-ring (bicyclic) bond motifs is 1. The lowest BCUT2D eigenvalue weighted by Gasteiger charge is -2.10. The van der Waals surface area contributed by atoms with Gasteiger partial charge in [-0.05, 0) is 61.5 Å². The largest absolute Gasteiger partial charge is 0.322 e. The molecule has 31 heavy (non-hydrogen) atoms. The number of rotatable bonds is 5. The molecule has 2 aromatic heterocycles. The molecular formula is C21H16FN5O3S. The SMILES string of the molecule is Cc1cc(C(=O)Nc2ccc(S(=O)(=O)Nc3ncccn3)cc2)c2cc(F)ccc2n1. The molecule has 0 spiro atoms. The first kappa shape index (κ1) is 20.4. The third-order valence-electron chi connectivity index (χ3n) is 4.36. The second kappa shape index (κ2) is 8.07. The normalized spacial score (nSPS) is 11.3. The highest BCUT2D eigenvalue weighted by molar-refractivity contribution is 7.92. The number of aryl methyl sites for hydroxylation is 1. The maximum Gasteiger partial charge on any atom is 0.264 e. The number of anilines is 2. The van der Waals surface area contributed by atoms with Crippen molar-refractivity contribution in [2.24, 2.45) is 0 Å². The molecule has 2 aromatic carbocycles. The molecular weight excluding hydrogens is 421 g/mol. The lowest BCUT2D eigenvalue weighted by molar-refractivity contribution is 0.102. The highest BCUT2D eigenvalue weighted by atomic mass is 32.2. The minimum atomic E-state index is -3.89. The Kier molecular flexibility index (Phi) is 5.30. The standard InChI is InChI=1S/C21H16FN5O3S/c1-13-11-18(17-12-14(22)3-8-19(17)25-13)20(28)26-15-4-6-16(7-5-15)31(29,30)27-21-23-9-2-10-24-21/h2-12H,1H3,(H,26,28)(H,23,24,27). The Morgan fingerprint density at radius 1 is 1.00 bits per heavy atom. The second-order valence-corrected chi connectivity index (χ2v) is 8.31. The van der Waals surface area contributed by atoms with Crippen molar-refractivity contribution < 1.29 is 17.6 Å². The molecule has 0 aliphatic heterocycles. The minimum Gasteiger partial charge on any atom is -0.322 e. The summed E-state index contributed by atoms with van der Waals surface area (Å²) in [5.74, 6) is -0.990. The summed E-state index contributed by atoms with van der Waals surface area (Å²) in [4.78, 5) is 24.7. The van der Waals surface area contributed by atoms with Crippen LogP contribution in [0, 0.1) is 12.7 Å². The molecule has 0 atom stereocenters. The molecule has 1 amide bonds. The summed E-state index contributed by atoms with van der Waals surface area (Å²) in [7, 11) is -3.89. The highest BCUT2D eigenvalue weighted by Gasteiger charge is 2.17. The highest BCUT2D eigenvalue weighted by Crippen LogP contribution is 2.22. The number of halogens is 1. The first-order valence-corrected chi connectivity index (χ1v) is 10.6. The van der Waals surface area contributed by atoms with Crippen molar-refractivity contribution in [3.05, 3.63) is 84.1 Å². The van der Waals surface area contributed by atoms with Gasteiger partial charge in [-0.3, -0.25) is 9.78 Å². The molecule has 0 unspecified atom stereocenters. The van der Waals surface area contributed by atoms with Gasteiger partial charge in [-0.25, -0.2) is 27.5 Å². The average molecular weight is 437 g/mol. The third-order valence-corrected chi connectivity index (χ3v) is 5.70. The van der Waals surface area contributed by atoms with Crippen molar-refractivity contribution in [1.82, 2.24) is 15.0 Å². The van der Waals surface area contributed by atoms with Gasteiger partial charge in [-0.15, -0.1) is 0 Å². The third kappa shape index (κ3) is 4.48. The number of hydrogen-bond acceptors (Lipinski definition) is 6. The van der Waals surface area contributed by atoms with E-state index in [4.69, 9.17) is 0 Å². The fourth-order valence-corrected chi connectivity index (χ4v) is 3.92. The van der Waals surface area contributed by atoms with Gasteiger partial charge in [-0.2, -0.15) is 0 Å². The van der Waals surface area contributed by atoms with Crippen LogP contribution in [0.15, 0.2) is 71.9 Å². The Labute approximate surface area is 177 Å². The van der Waals surface area contributed by atoms with E-state index in [-0.39, 0.29) is 16.4 Å². The van der Waals surface area contributed by atoms with Crippen LogP contribution in [-0.4, -0.2) is 29.3 Å². The Morgan fingerprint density at radius 2 is 1.71 bits per heavy atom. The second-order valence-electron chi connectivity index (χ2n) is 6.63. The first-order chi connectivity index (χ1) is 14.8. The van der Waals surface area contributed by atoms with E-state index in [1.807, 2.05) is 0 Å². The zero-order valence-corrected chi connectivity index (χ0v) is 17.0. The zero-order chi connectivity index (χ0) is 22.0. The van der Waals surface area contributed by atoms with Crippen LogP contribution in [0.25, 0.3) is 10.9 Å². The molecule has 10 heteroatoms. The Bertz CT molecular complexity index is 1380. The van der Waals surface area contributed by atoms with E-state index in [1.165, 1.54) is 54.9 Å². The number of carbonyl (C=O) groups excluding carboxylic acids is 1. The summed E-state index contributed by atoms with van der Waals surface area (Å²) >= 11 is 0. The maximum atomic E-state index is 13.7. The fraction of sp³-hybridized carbons (Fsp3) is 0.0476. The fourth-order valence-electron chi connectivity index (χ4n) is 2.97. The van der Waals surface area contributed by atoms with Crippen LogP contribution in [0.5, 0.6) is 0 Å². The van der Waals surface area contributed by atoms with Crippen molar-refractivity contribution in [2.75, 3.05) is 10.0 Å². The van der Waals surface area contributed by atoms with Crippen LogP contribution < -0.4 is 10.0 Å². The number of nitrogens with zero attached hydrogens (tertiary/aromatic N) is 3. The summed E-state index contributed by atoms with van der Waals surface area (Å²) in [6.07, 6.45) is 2.83. The predicted molar refractivity (Wildman–Crippen MR) is 114 cm³/mol. The van der Waals surface area contributed by atoms with Gasteiger partial charge < -0.3 is 5.32 Å². The molecule has 0 radical (unpaired) electrons. The molecule has 2 N–H and O–H groups in total. The van der Waals surface area contributed by atoms with Crippen molar-refractivity contribution in [1.29, 1.82) is 0 Å². The summed E-state index contributed by atoms with van der Waals surface area (Å²) in [6, 6.07) is 12.8. The van der Waals surface area contributed by atoms with Gasteiger partial charge in [0.1, 0.15) is 5.82 Å². The smallest absolute Gasteiger partial charge is 0.264 e. The van der Waals surface area contributed by atoms with Crippen LogP contribution in [0.1, 0.15) is 16.1 Å². The Balaban J connectivity index is 1.56. The van der Waals surface area contributed by atoms with Gasteiger partial charge in [0.15, 0.2) is 0 Å². The topological polar surface area (TPSA) is 114 Å². The monoisotopic (exact) mass is 437 g/mol. The summed E-state index contributed by atoms with van der Waals surface area (Å²) < 4.78 is 40.9. The number of hydrogen-bond donors (Lipinski definition) is 2. The van der Waals surface area contributed by atoms with Crippen LogP contribution in [0.3, 0.4) is 0 Å². The van der Waals surface area contributed by atoms with Crippen molar-refractivity contribution >= 4 is 38.5 Å².